The van der Waals surface area contributed by atoms with Crippen LogP contribution in [-0.4, -0.2) is 24.0 Å². The Bertz CT molecular complexity index is 532. The van der Waals surface area contributed by atoms with Crippen LogP contribution >= 0.6 is 0 Å². The van der Waals surface area contributed by atoms with Gasteiger partial charge in [-0.1, -0.05) is 5.92 Å². The quantitative estimate of drug-likeness (QED) is 0.452. The number of carbonyl (C=O) groups excluding carboxylic acids is 2. The van der Waals surface area contributed by atoms with Crippen LogP contribution in [0.1, 0.15) is 28.4 Å². The number of carbonyl (C=O) groups is 2. The third-order valence-electron chi connectivity index (χ3n) is 2.21. The van der Waals surface area contributed by atoms with E-state index in [9.17, 15) is 14.7 Å². The minimum absolute atomic E-state index is 0.141. The summed E-state index contributed by atoms with van der Waals surface area (Å²) in [5, 5.41) is 9.60. The SMILES string of the molecule is COC(=O)C#Cc1cc(O)c(C(C)=O)cc1C. The number of aromatic hydroxyl groups is 1. The van der Waals surface area contributed by atoms with Crippen molar-refractivity contribution in [3.63, 3.8) is 0 Å². The number of Topliss-reactive ketones (excluding diaryl/α,β-unsaturated/α-hetero) is 1. The van der Waals surface area contributed by atoms with Gasteiger partial charge in [0, 0.05) is 11.5 Å². The molecule has 0 fully saturated rings. The van der Waals surface area contributed by atoms with E-state index in [1.807, 2.05) is 0 Å². The molecule has 0 aliphatic carbocycles. The van der Waals surface area contributed by atoms with Crippen LogP contribution in [0.5, 0.6) is 5.75 Å². The molecular formula is C13H12O4. The number of benzene rings is 1. The first-order valence-corrected chi connectivity index (χ1v) is 4.90. The lowest BCUT2D eigenvalue weighted by molar-refractivity contribution is -0.133. The monoisotopic (exact) mass is 232 g/mol. The summed E-state index contributed by atoms with van der Waals surface area (Å²) in [5.41, 5.74) is 1.44. The number of esters is 1. The Morgan fingerprint density at radius 3 is 2.53 bits per heavy atom. The molecule has 0 atom stereocenters. The van der Waals surface area contributed by atoms with Crippen molar-refractivity contribution in [3.05, 3.63) is 28.8 Å². The first-order chi connectivity index (χ1) is 7.95. The summed E-state index contributed by atoms with van der Waals surface area (Å²) in [4.78, 5) is 22.0. The number of ketones is 1. The maximum Gasteiger partial charge on any atom is 0.384 e. The van der Waals surface area contributed by atoms with E-state index in [2.05, 4.69) is 16.6 Å². The lowest BCUT2D eigenvalue weighted by atomic mass is 10.0. The van der Waals surface area contributed by atoms with Crippen molar-refractivity contribution in [2.45, 2.75) is 13.8 Å². The van der Waals surface area contributed by atoms with Crippen LogP contribution in [0, 0.1) is 18.8 Å². The average molecular weight is 232 g/mol. The number of hydrogen-bond acceptors (Lipinski definition) is 4. The molecule has 0 heterocycles. The number of methoxy groups -OCH3 is 1. The molecule has 1 aromatic rings. The Morgan fingerprint density at radius 1 is 1.35 bits per heavy atom. The lowest BCUT2D eigenvalue weighted by Gasteiger charge is -2.04. The van der Waals surface area contributed by atoms with E-state index in [4.69, 9.17) is 0 Å². The fourth-order valence-electron chi connectivity index (χ4n) is 1.28. The van der Waals surface area contributed by atoms with E-state index in [0.29, 0.717) is 11.1 Å². The smallest absolute Gasteiger partial charge is 0.384 e. The van der Waals surface area contributed by atoms with Crippen LogP contribution in [0.4, 0.5) is 0 Å². The number of aryl methyl sites for hydroxylation is 1. The molecule has 0 aromatic heterocycles. The normalized spacial score (nSPS) is 9.12. The Kier molecular flexibility index (Phi) is 3.89. The van der Waals surface area contributed by atoms with Crippen molar-refractivity contribution < 1.29 is 19.4 Å². The predicted molar refractivity (Wildman–Crippen MR) is 61.7 cm³/mol. The highest BCUT2D eigenvalue weighted by Gasteiger charge is 2.09. The average Bonchev–Trinajstić information content (AvgIpc) is 2.28. The van der Waals surface area contributed by atoms with Gasteiger partial charge in [0.1, 0.15) is 5.75 Å². The van der Waals surface area contributed by atoms with Crippen LogP contribution < -0.4 is 0 Å². The summed E-state index contributed by atoms with van der Waals surface area (Å²) in [5.74, 6) is 3.81. The van der Waals surface area contributed by atoms with Gasteiger partial charge < -0.3 is 9.84 Å². The molecule has 1 aromatic carbocycles. The molecule has 0 unspecified atom stereocenters. The standard InChI is InChI=1S/C13H12O4/c1-8-6-11(9(2)14)12(15)7-10(8)4-5-13(16)17-3/h6-7,15H,1-3H3. The molecule has 4 heteroatoms. The van der Waals surface area contributed by atoms with Crippen molar-refractivity contribution in [2.75, 3.05) is 7.11 Å². The summed E-state index contributed by atoms with van der Waals surface area (Å²) in [6, 6.07) is 2.90. The van der Waals surface area contributed by atoms with Gasteiger partial charge in [0.2, 0.25) is 0 Å². The first-order valence-electron chi connectivity index (χ1n) is 4.90. The second-order valence-electron chi connectivity index (χ2n) is 3.48. The topological polar surface area (TPSA) is 63.6 Å². The van der Waals surface area contributed by atoms with Gasteiger partial charge in [0.25, 0.3) is 0 Å². The zero-order valence-electron chi connectivity index (χ0n) is 9.83. The fraction of sp³-hybridized carbons (Fsp3) is 0.231. The molecule has 4 nitrogen and oxygen atoms in total. The molecular weight excluding hydrogens is 220 g/mol. The maximum atomic E-state index is 11.2. The largest absolute Gasteiger partial charge is 0.507 e. The van der Waals surface area contributed by atoms with E-state index in [0.717, 1.165) is 0 Å². The summed E-state index contributed by atoms with van der Waals surface area (Å²) in [6.45, 7) is 3.11. The highest BCUT2D eigenvalue weighted by atomic mass is 16.5. The van der Waals surface area contributed by atoms with Gasteiger partial charge in [-0.3, -0.25) is 4.79 Å². The molecule has 0 aliphatic rings. The van der Waals surface area contributed by atoms with E-state index < -0.39 is 5.97 Å². The second-order valence-corrected chi connectivity index (χ2v) is 3.48. The van der Waals surface area contributed by atoms with E-state index >= 15 is 0 Å². The summed E-state index contributed by atoms with van der Waals surface area (Å²) < 4.78 is 4.37. The Morgan fingerprint density at radius 2 is 2.00 bits per heavy atom. The number of ether oxygens (including phenoxy) is 1. The van der Waals surface area contributed by atoms with Crippen LogP contribution in [-0.2, 0) is 9.53 Å². The molecule has 0 amide bonds. The van der Waals surface area contributed by atoms with Crippen molar-refractivity contribution >= 4 is 11.8 Å². The molecule has 0 radical (unpaired) electrons. The molecule has 1 rings (SSSR count). The summed E-state index contributed by atoms with van der Waals surface area (Å²) in [6.07, 6.45) is 0. The number of hydrogen-bond donors (Lipinski definition) is 1. The van der Waals surface area contributed by atoms with Crippen LogP contribution in [0.2, 0.25) is 0 Å². The van der Waals surface area contributed by atoms with Gasteiger partial charge in [-0.25, -0.2) is 4.79 Å². The highest BCUT2D eigenvalue weighted by molar-refractivity contribution is 5.97. The molecule has 1 N–H and O–H groups in total. The minimum atomic E-state index is -0.653. The summed E-state index contributed by atoms with van der Waals surface area (Å²) in [7, 11) is 1.24. The number of phenolic OH excluding ortho intramolecular Hbond substituents is 1. The van der Waals surface area contributed by atoms with Crippen LogP contribution in [0.3, 0.4) is 0 Å². The first kappa shape index (κ1) is 12.8. The van der Waals surface area contributed by atoms with E-state index in [-0.39, 0.29) is 17.1 Å². The van der Waals surface area contributed by atoms with Gasteiger partial charge in [0.15, 0.2) is 5.78 Å². The van der Waals surface area contributed by atoms with Crippen molar-refractivity contribution in [1.82, 2.24) is 0 Å². The van der Waals surface area contributed by atoms with Gasteiger partial charge in [-0.15, -0.1) is 0 Å². The van der Waals surface area contributed by atoms with Crippen molar-refractivity contribution in [1.29, 1.82) is 0 Å². The Hall–Kier alpha value is -2.28. The van der Waals surface area contributed by atoms with Crippen LogP contribution in [0.15, 0.2) is 12.1 Å². The zero-order chi connectivity index (χ0) is 13.0. The van der Waals surface area contributed by atoms with Gasteiger partial charge in [-0.2, -0.15) is 0 Å². The Balaban J connectivity index is 3.19. The predicted octanol–water partition coefficient (Wildman–Crippen LogP) is 1.43. The Labute approximate surface area is 99.2 Å². The fourth-order valence-corrected chi connectivity index (χ4v) is 1.28. The van der Waals surface area contributed by atoms with E-state index in [1.165, 1.54) is 20.1 Å². The third-order valence-corrected chi connectivity index (χ3v) is 2.21. The van der Waals surface area contributed by atoms with Gasteiger partial charge in [0.05, 0.1) is 12.7 Å². The number of rotatable bonds is 1. The molecule has 0 saturated carbocycles. The van der Waals surface area contributed by atoms with Crippen molar-refractivity contribution in [3.8, 4) is 17.6 Å². The molecule has 0 aliphatic heterocycles. The molecule has 17 heavy (non-hydrogen) atoms. The van der Waals surface area contributed by atoms with Gasteiger partial charge in [-0.05, 0) is 31.5 Å². The molecule has 88 valence electrons. The molecule has 0 spiro atoms. The third kappa shape index (κ3) is 3.08. The minimum Gasteiger partial charge on any atom is -0.507 e. The second kappa shape index (κ2) is 5.17. The lowest BCUT2D eigenvalue weighted by Crippen LogP contribution is -1.97. The van der Waals surface area contributed by atoms with Gasteiger partial charge >= 0.3 is 5.97 Å². The zero-order valence-corrected chi connectivity index (χ0v) is 9.83. The van der Waals surface area contributed by atoms with E-state index in [1.54, 1.807) is 13.0 Å². The number of phenols is 1. The maximum absolute atomic E-state index is 11.2. The molecule has 0 saturated heterocycles. The summed E-state index contributed by atoms with van der Waals surface area (Å²) >= 11 is 0. The molecule has 0 bridgehead atoms. The highest BCUT2D eigenvalue weighted by Crippen LogP contribution is 2.22. The van der Waals surface area contributed by atoms with Crippen LogP contribution in [0.25, 0.3) is 0 Å². The van der Waals surface area contributed by atoms with Crippen molar-refractivity contribution in [2.24, 2.45) is 0 Å².